The number of aliphatic imine (C=N–C) groups is 1. The number of ether oxygens (including phenoxy) is 2. The predicted octanol–water partition coefficient (Wildman–Crippen LogP) is 1.99. The number of rotatable bonds is 8. The van der Waals surface area contributed by atoms with E-state index >= 15 is 0 Å². The van der Waals surface area contributed by atoms with Gasteiger partial charge < -0.3 is 24.7 Å². The van der Waals surface area contributed by atoms with Gasteiger partial charge in [-0.1, -0.05) is 24.3 Å². The molecule has 3 heterocycles. The first-order valence-electron chi connectivity index (χ1n) is 11.5. The highest BCUT2D eigenvalue weighted by Gasteiger charge is 2.16. The number of guanidine groups is 1. The number of aromatic nitrogens is 3. The third-order valence-corrected chi connectivity index (χ3v) is 6.14. The zero-order valence-electron chi connectivity index (χ0n) is 19.6. The van der Waals surface area contributed by atoms with Crippen LogP contribution < -0.4 is 10.6 Å². The molecule has 0 saturated carbocycles. The molecule has 2 aromatic rings. The summed E-state index contributed by atoms with van der Waals surface area (Å²) in [4.78, 5) is 7.34. The highest BCUT2D eigenvalue weighted by Crippen LogP contribution is 2.14. The Morgan fingerprint density at radius 2 is 1.91 bits per heavy atom. The predicted molar refractivity (Wildman–Crippen MR) is 139 cm³/mol. The number of benzene rings is 1. The van der Waals surface area contributed by atoms with Crippen molar-refractivity contribution in [2.45, 2.75) is 45.5 Å². The van der Waals surface area contributed by atoms with Crippen molar-refractivity contribution in [2.24, 2.45) is 12.0 Å². The monoisotopic (exact) mass is 569 g/mol. The average Bonchev–Trinajstić information content (AvgIpc) is 3.45. The Bertz CT molecular complexity index is 893. The van der Waals surface area contributed by atoms with Crippen LogP contribution in [0, 0.1) is 6.92 Å². The van der Waals surface area contributed by atoms with Gasteiger partial charge in [-0.25, -0.2) is 4.99 Å². The van der Waals surface area contributed by atoms with Crippen LogP contribution >= 0.6 is 24.0 Å². The zero-order valence-corrected chi connectivity index (χ0v) is 22.0. The van der Waals surface area contributed by atoms with E-state index in [2.05, 4.69) is 50.0 Å². The van der Waals surface area contributed by atoms with Crippen LogP contribution in [-0.2, 0) is 36.2 Å². The van der Waals surface area contributed by atoms with Gasteiger partial charge in [-0.2, -0.15) is 0 Å². The second kappa shape index (κ2) is 13.2. The van der Waals surface area contributed by atoms with E-state index in [4.69, 9.17) is 14.5 Å². The Morgan fingerprint density at radius 1 is 1.12 bits per heavy atom. The van der Waals surface area contributed by atoms with Crippen LogP contribution in [0.4, 0.5) is 0 Å². The molecule has 4 rings (SSSR count). The number of nitrogens with zero attached hydrogens (tertiary/aromatic N) is 5. The van der Waals surface area contributed by atoms with E-state index in [0.717, 1.165) is 76.4 Å². The standard InChI is InChI=1S/C23H35N7O2.HI/c1-18-27-28-22(29(18)2)16-26-23(25-15-21-8-5-11-32-21)24-14-19-6-3-4-7-20(19)17-30-9-12-31-13-10-30;/h3-4,6-7,21H,5,8-17H2,1-2H3,(H2,24,25,26);1H. The molecule has 1 atom stereocenters. The lowest BCUT2D eigenvalue weighted by Crippen LogP contribution is -2.41. The number of aryl methyl sites for hydroxylation is 1. The summed E-state index contributed by atoms with van der Waals surface area (Å²) in [6.45, 7) is 9.22. The molecule has 1 aromatic heterocycles. The molecule has 33 heavy (non-hydrogen) atoms. The maximum atomic E-state index is 5.77. The van der Waals surface area contributed by atoms with E-state index < -0.39 is 0 Å². The molecule has 1 aromatic carbocycles. The number of hydrogen-bond donors (Lipinski definition) is 2. The van der Waals surface area contributed by atoms with Gasteiger partial charge in [-0.05, 0) is 30.9 Å². The minimum absolute atomic E-state index is 0. The maximum absolute atomic E-state index is 5.77. The van der Waals surface area contributed by atoms with E-state index in [1.54, 1.807) is 0 Å². The van der Waals surface area contributed by atoms with Crippen molar-refractivity contribution in [3.8, 4) is 0 Å². The lowest BCUT2D eigenvalue weighted by molar-refractivity contribution is 0.0341. The highest BCUT2D eigenvalue weighted by atomic mass is 127. The molecule has 0 bridgehead atoms. The quantitative estimate of drug-likeness (QED) is 0.286. The zero-order chi connectivity index (χ0) is 22.2. The fourth-order valence-corrected chi connectivity index (χ4v) is 3.99. The van der Waals surface area contributed by atoms with Crippen molar-refractivity contribution in [2.75, 3.05) is 39.5 Å². The van der Waals surface area contributed by atoms with Gasteiger partial charge in [0, 0.05) is 39.8 Å². The van der Waals surface area contributed by atoms with Gasteiger partial charge >= 0.3 is 0 Å². The van der Waals surface area contributed by atoms with E-state index in [1.807, 2.05) is 18.5 Å². The smallest absolute Gasteiger partial charge is 0.192 e. The summed E-state index contributed by atoms with van der Waals surface area (Å²) in [5.74, 6) is 2.54. The molecule has 9 nitrogen and oxygen atoms in total. The second-order valence-corrected chi connectivity index (χ2v) is 8.41. The molecule has 10 heteroatoms. The fraction of sp³-hybridized carbons (Fsp3) is 0.609. The average molecular weight is 569 g/mol. The Balaban J connectivity index is 0.00000306. The van der Waals surface area contributed by atoms with Crippen LogP contribution in [-0.4, -0.2) is 71.2 Å². The van der Waals surface area contributed by atoms with Gasteiger partial charge in [0.2, 0.25) is 0 Å². The van der Waals surface area contributed by atoms with Gasteiger partial charge in [0.1, 0.15) is 5.82 Å². The van der Waals surface area contributed by atoms with Crippen LogP contribution in [0.25, 0.3) is 0 Å². The number of nitrogens with one attached hydrogen (secondary N) is 2. The van der Waals surface area contributed by atoms with Gasteiger partial charge in [-0.3, -0.25) is 4.90 Å². The van der Waals surface area contributed by atoms with Crippen LogP contribution in [0.3, 0.4) is 0 Å². The van der Waals surface area contributed by atoms with Crippen LogP contribution in [0.5, 0.6) is 0 Å². The normalized spacial score (nSPS) is 19.3. The summed E-state index contributed by atoms with van der Waals surface area (Å²) < 4.78 is 13.2. The lowest BCUT2D eigenvalue weighted by atomic mass is 10.1. The Hall–Kier alpha value is -1.76. The molecule has 0 radical (unpaired) electrons. The summed E-state index contributed by atoms with van der Waals surface area (Å²) in [6.07, 6.45) is 2.46. The lowest BCUT2D eigenvalue weighted by Gasteiger charge is -2.27. The summed E-state index contributed by atoms with van der Waals surface area (Å²) in [5.41, 5.74) is 2.56. The van der Waals surface area contributed by atoms with Crippen molar-refractivity contribution in [1.82, 2.24) is 30.3 Å². The van der Waals surface area contributed by atoms with E-state index in [-0.39, 0.29) is 30.1 Å². The highest BCUT2D eigenvalue weighted by molar-refractivity contribution is 14.0. The molecule has 2 saturated heterocycles. The minimum Gasteiger partial charge on any atom is -0.379 e. The Kier molecular flexibility index (Phi) is 10.4. The summed E-state index contributed by atoms with van der Waals surface area (Å²) in [5, 5.41) is 15.3. The van der Waals surface area contributed by atoms with Gasteiger partial charge in [0.25, 0.3) is 0 Å². The van der Waals surface area contributed by atoms with Gasteiger partial charge in [0.05, 0.1) is 32.4 Å². The first-order chi connectivity index (χ1) is 15.7. The Labute approximate surface area is 213 Å². The molecule has 182 valence electrons. The SMILES string of the molecule is Cc1nnc(CNC(=NCc2ccccc2CN2CCOCC2)NCC2CCCO2)n1C.I. The molecule has 2 aliphatic heterocycles. The van der Waals surface area contributed by atoms with Gasteiger partial charge in [-0.15, -0.1) is 34.2 Å². The van der Waals surface area contributed by atoms with Crippen molar-refractivity contribution < 1.29 is 9.47 Å². The topological polar surface area (TPSA) is 88.8 Å². The van der Waals surface area contributed by atoms with E-state index in [0.29, 0.717) is 13.1 Å². The minimum atomic E-state index is 0. The molecular formula is C23H36IN7O2. The first-order valence-corrected chi connectivity index (χ1v) is 11.5. The van der Waals surface area contributed by atoms with Crippen LogP contribution in [0.15, 0.2) is 29.3 Å². The molecular weight excluding hydrogens is 533 g/mol. The summed E-state index contributed by atoms with van der Waals surface area (Å²) in [7, 11) is 1.98. The largest absolute Gasteiger partial charge is 0.379 e. The fourth-order valence-electron chi connectivity index (χ4n) is 3.99. The molecule has 0 spiro atoms. The third kappa shape index (κ3) is 7.62. The molecule has 0 aliphatic carbocycles. The van der Waals surface area contributed by atoms with Crippen molar-refractivity contribution in [3.63, 3.8) is 0 Å². The van der Waals surface area contributed by atoms with E-state index in [1.165, 1.54) is 11.1 Å². The first kappa shape index (κ1) is 25.9. The number of halogens is 1. The third-order valence-electron chi connectivity index (χ3n) is 6.14. The molecule has 2 N–H and O–H groups in total. The van der Waals surface area contributed by atoms with Crippen molar-refractivity contribution >= 4 is 29.9 Å². The van der Waals surface area contributed by atoms with Crippen molar-refractivity contribution in [1.29, 1.82) is 0 Å². The molecule has 0 amide bonds. The van der Waals surface area contributed by atoms with Crippen molar-refractivity contribution in [3.05, 3.63) is 47.0 Å². The molecule has 1 unspecified atom stereocenters. The summed E-state index contributed by atoms with van der Waals surface area (Å²) >= 11 is 0. The number of hydrogen-bond acceptors (Lipinski definition) is 6. The second-order valence-electron chi connectivity index (χ2n) is 8.41. The van der Waals surface area contributed by atoms with E-state index in [9.17, 15) is 0 Å². The maximum Gasteiger partial charge on any atom is 0.192 e. The van der Waals surface area contributed by atoms with Gasteiger partial charge in [0.15, 0.2) is 11.8 Å². The number of morpholine rings is 1. The Morgan fingerprint density at radius 3 is 2.61 bits per heavy atom. The summed E-state index contributed by atoms with van der Waals surface area (Å²) in [6, 6.07) is 8.57. The van der Waals surface area contributed by atoms with Crippen LogP contribution in [0.1, 0.15) is 35.6 Å². The van der Waals surface area contributed by atoms with Crippen LogP contribution in [0.2, 0.25) is 0 Å². The molecule has 2 fully saturated rings. The molecule has 2 aliphatic rings.